The van der Waals surface area contributed by atoms with Gasteiger partial charge in [0.2, 0.25) is 5.82 Å². The average molecular weight is 449 g/mol. The highest BCUT2D eigenvalue weighted by Gasteiger charge is 2.23. The van der Waals surface area contributed by atoms with E-state index in [1.54, 1.807) is 42.2 Å². The maximum atomic E-state index is 12.8. The van der Waals surface area contributed by atoms with Crippen LogP contribution in [0.5, 0.6) is 0 Å². The summed E-state index contributed by atoms with van der Waals surface area (Å²) in [7, 11) is 3.25. The van der Waals surface area contributed by atoms with Crippen LogP contribution in [0.4, 0.5) is 5.69 Å². The van der Waals surface area contributed by atoms with E-state index in [1.807, 2.05) is 6.92 Å². The molecule has 166 valence electrons. The first kappa shape index (κ1) is 22.8. The second-order valence-corrected chi connectivity index (χ2v) is 7.39. The number of amides is 1. The Hall–Kier alpha value is -2.86. The fraction of sp³-hybridized carbons (Fsp3) is 0.421. The number of hydrogen-bond donors (Lipinski definition) is 2. The number of hydrogen-bond acceptors (Lipinski definition) is 8. The van der Waals surface area contributed by atoms with E-state index in [1.165, 1.54) is 23.2 Å². The highest BCUT2D eigenvalue weighted by Crippen LogP contribution is 2.19. The summed E-state index contributed by atoms with van der Waals surface area (Å²) in [6, 6.07) is 6.42. The molecule has 0 spiro atoms. The van der Waals surface area contributed by atoms with Crippen LogP contribution in [0.2, 0.25) is 5.02 Å². The number of carbonyl (C=O) groups is 1. The molecule has 2 N–H and O–H groups in total. The molecular weight excluding hydrogens is 424 g/mol. The summed E-state index contributed by atoms with van der Waals surface area (Å²) in [6.07, 6.45) is 2.96. The quantitative estimate of drug-likeness (QED) is 0.448. The Morgan fingerprint density at radius 3 is 2.77 bits per heavy atom. The van der Waals surface area contributed by atoms with Crippen LogP contribution in [0.25, 0.3) is 11.4 Å². The van der Waals surface area contributed by atoms with E-state index in [4.69, 9.17) is 16.4 Å². The van der Waals surface area contributed by atoms with Crippen molar-refractivity contribution in [2.75, 3.05) is 26.0 Å². The van der Waals surface area contributed by atoms with Crippen LogP contribution in [0.1, 0.15) is 19.4 Å². The molecule has 0 aliphatic rings. The van der Waals surface area contributed by atoms with E-state index in [2.05, 4.69) is 25.8 Å². The summed E-state index contributed by atoms with van der Waals surface area (Å²) in [5.41, 5.74) is 1.26. The molecule has 0 saturated carbocycles. The standard InChI is InChI=1S/C19H25ClN8O3/c1-4-17(28-24-18(23-25-28)13-5-7-14(20)8-6-13)19(30)22-15-9-21-27(10-15)12-16(29)11-26(2)31-3/h5-10,16-17,29H,4,11-12H2,1-3H3,(H,22,30)/t16-,17-/m0/s1. The van der Waals surface area contributed by atoms with Crippen molar-refractivity contribution in [1.82, 2.24) is 35.1 Å². The molecule has 3 aromatic rings. The van der Waals surface area contributed by atoms with E-state index in [0.29, 0.717) is 29.5 Å². The zero-order chi connectivity index (χ0) is 22.4. The van der Waals surface area contributed by atoms with Crippen molar-refractivity contribution in [2.45, 2.75) is 32.0 Å². The average Bonchev–Trinajstić information content (AvgIpc) is 3.39. The molecule has 0 aliphatic carbocycles. The molecule has 1 aromatic carbocycles. The first-order valence-corrected chi connectivity index (χ1v) is 10.1. The highest BCUT2D eigenvalue weighted by molar-refractivity contribution is 6.30. The van der Waals surface area contributed by atoms with Crippen LogP contribution in [-0.2, 0) is 16.2 Å². The number of aliphatic hydroxyl groups excluding tert-OH is 1. The Morgan fingerprint density at radius 1 is 1.35 bits per heavy atom. The van der Waals surface area contributed by atoms with Gasteiger partial charge in [-0.05, 0) is 35.9 Å². The number of rotatable bonds is 10. The van der Waals surface area contributed by atoms with Gasteiger partial charge in [0, 0.05) is 23.8 Å². The number of nitrogens with zero attached hydrogens (tertiary/aromatic N) is 7. The van der Waals surface area contributed by atoms with E-state index >= 15 is 0 Å². The number of carbonyl (C=O) groups excluding carboxylic acids is 1. The number of anilines is 1. The molecule has 0 radical (unpaired) electrons. The number of hydroxylamine groups is 2. The Balaban J connectivity index is 1.63. The minimum absolute atomic E-state index is 0.260. The van der Waals surface area contributed by atoms with Gasteiger partial charge in [-0.3, -0.25) is 9.48 Å². The van der Waals surface area contributed by atoms with E-state index in [0.717, 1.165) is 5.56 Å². The van der Waals surface area contributed by atoms with Gasteiger partial charge in [-0.15, -0.1) is 10.2 Å². The van der Waals surface area contributed by atoms with Crippen LogP contribution in [0.3, 0.4) is 0 Å². The van der Waals surface area contributed by atoms with Gasteiger partial charge in [0.25, 0.3) is 5.91 Å². The molecular formula is C19H25ClN8O3. The van der Waals surface area contributed by atoms with Crippen LogP contribution >= 0.6 is 11.6 Å². The molecule has 31 heavy (non-hydrogen) atoms. The normalized spacial score (nSPS) is 13.4. The van der Waals surface area contributed by atoms with Crippen molar-refractivity contribution in [2.24, 2.45) is 0 Å². The van der Waals surface area contributed by atoms with Gasteiger partial charge in [-0.25, -0.2) is 0 Å². The van der Waals surface area contributed by atoms with Crippen molar-refractivity contribution in [1.29, 1.82) is 0 Å². The maximum absolute atomic E-state index is 12.8. The number of tetrazole rings is 1. The predicted octanol–water partition coefficient (Wildman–Crippen LogP) is 1.63. The van der Waals surface area contributed by atoms with Crippen LogP contribution in [0, 0.1) is 0 Å². The largest absolute Gasteiger partial charge is 0.390 e. The lowest BCUT2D eigenvalue weighted by atomic mass is 10.2. The Morgan fingerprint density at radius 2 is 2.10 bits per heavy atom. The minimum atomic E-state index is -0.678. The van der Waals surface area contributed by atoms with Crippen LogP contribution in [-0.4, -0.2) is 72.9 Å². The zero-order valence-electron chi connectivity index (χ0n) is 17.5. The topological polar surface area (TPSA) is 123 Å². The molecule has 0 fully saturated rings. The number of halogens is 1. The summed E-state index contributed by atoms with van der Waals surface area (Å²) < 4.78 is 1.55. The Labute approximate surface area is 184 Å². The number of aliphatic hydroxyl groups is 1. The molecule has 2 heterocycles. The van der Waals surface area contributed by atoms with Gasteiger partial charge in [0.1, 0.15) is 0 Å². The number of likely N-dealkylation sites (N-methyl/N-ethyl adjacent to an activating group) is 1. The summed E-state index contributed by atoms with van der Waals surface area (Å²) in [5, 5.41) is 31.6. The minimum Gasteiger partial charge on any atom is -0.390 e. The monoisotopic (exact) mass is 448 g/mol. The number of aromatic nitrogens is 6. The third kappa shape index (κ3) is 6.07. The third-order valence-corrected chi connectivity index (χ3v) is 4.83. The lowest BCUT2D eigenvalue weighted by Crippen LogP contribution is -2.31. The Bertz CT molecular complexity index is 990. The smallest absolute Gasteiger partial charge is 0.251 e. The third-order valence-electron chi connectivity index (χ3n) is 4.58. The van der Waals surface area contributed by atoms with Gasteiger partial charge >= 0.3 is 0 Å². The molecule has 12 heteroatoms. The summed E-state index contributed by atoms with van der Waals surface area (Å²) in [6.45, 7) is 2.45. The van der Waals surface area contributed by atoms with E-state index in [9.17, 15) is 9.90 Å². The predicted molar refractivity (Wildman–Crippen MR) is 114 cm³/mol. The van der Waals surface area contributed by atoms with Crippen LogP contribution in [0.15, 0.2) is 36.7 Å². The summed E-state index contributed by atoms with van der Waals surface area (Å²) in [5.74, 6) is 0.118. The number of benzene rings is 1. The van der Waals surface area contributed by atoms with E-state index in [-0.39, 0.29) is 12.5 Å². The molecule has 0 aliphatic heterocycles. The van der Waals surface area contributed by atoms with Gasteiger partial charge in [0.05, 0.1) is 38.2 Å². The van der Waals surface area contributed by atoms with Crippen LogP contribution < -0.4 is 5.32 Å². The molecule has 2 atom stereocenters. The second-order valence-electron chi connectivity index (χ2n) is 6.95. The first-order chi connectivity index (χ1) is 14.9. The first-order valence-electron chi connectivity index (χ1n) is 9.71. The molecule has 1 amide bonds. The summed E-state index contributed by atoms with van der Waals surface area (Å²) >= 11 is 5.91. The van der Waals surface area contributed by atoms with Crippen molar-refractivity contribution in [3.63, 3.8) is 0 Å². The molecule has 3 rings (SSSR count). The highest BCUT2D eigenvalue weighted by atomic mass is 35.5. The van der Waals surface area contributed by atoms with Crippen molar-refractivity contribution < 1.29 is 14.7 Å². The lowest BCUT2D eigenvalue weighted by Gasteiger charge is -2.17. The van der Waals surface area contributed by atoms with Gasteiger partial charge in [0.15, 0.2) is 6.04 Å². The van der Waals surface area contributed by atoms with Crippen molar-refractivity contribution in [3.8, 4) is 11.4 Å². The molecule has 2 aromatic heterocycles. The van der Waals surface area contributed by atoms with Gasteiger partial charge in [-0.2, -0.15) is 15.0 Å². The lowest BCUT2D eigenvalue weighted by molar-refractivity contribution is -0.129. The Kier molecular flexibility index (Phi) is 7.69. The van der Waals surface area contributed by atoms with Gasteiger partial charge < -0.3 is 15.3 Å². The molecule has 0 saturated heterocycles. The molecule has 11 nitrogen and oxygen atoms in total. The zero-order valence-corrected chi connectivity index (χ0v) is 18.3. The SMILES string of the molecule is CC[C@@H](C(=O)Nc1cnn(C[C@@H](O)CN(C)OC)c1)n1nnc(-c2ccc(Cl)cc2)n1. The molecule has 0 bridgehead atoms. The fourth-order valence-corrected chi connectivity index (χ4v) is 3.05. The fourth-order valence-electron chi connectivity index (χ4n) is 2.92. The number of nitrogens with one attached hydrogen (secondary N) is 1. The van der Waals surface area contributed by atoms with Crippen molar-refractivity contribution >= 4 is 23.2 Å². The van der Waals surface area contributed by atoms with Crippen molar-refractivity contribution in [3.05, 3.63) is 41.7 Å². The summed E-state index contributed by atoms with van der Waals surface area (Å²) in [4.78, 5) is 19.1. The van der Waals surface area contributed by atoms with E-state index < -0.39 is 12.1 Å². The van der Waals surface area contributed by atoms with Gasteiger partial charge in [-0.1, -0.05) is 18.5 Å². The maximum Gasteiger partial charge on any atom is 0.251 e. The second kappa shape index (κ2) is 10.4. The molecule has 0 unspecified atom stereocenters.